The third-order valence-corrected chi connectivity index (χ3v) is 3.11. The molecule has 4 heteroatoms. The molecule has 0 atom stereocenters. The monoisotopic (exact) mass is 257 g/mol. The van der Waals surface area contributed by atoms with Gasteiger partial charge in [-0.05, 0) is 24.8 Å². The van der Waals surface area contributed by atoms with Crippen LogP contribution < -0.4 is 5.32 Å². The summed E-state index contributed by atoms with van der Waals surface area (Å²) in [5.74, 6) is 0.459. The van der Waals surface area contributed by atoms with Crippen LogP contribution in [0.25, 0.3) is 0 Å². The number of halogens is 2. The van der Waals surface area contributed by atoms with E-state index in [2.05, 4.69) is 5.32 Å². The van der Waals surface area contributed by atoms with Gasteiger partial charge in [0.2, 0.25) is 0 Å². The van der Waals surface area contributed by atoms with E-state index >= 15 is 0 Å². The van der Waals surface area contributed by atoms with Crippen molar-refractivity contribution < 1.29 is 9.13 Å². The fourth-order valence-corrected chi connectivity index (χ4v) is 1.78. The van der Waals surface area contributed by atoms with Crippen molar-refractivity contribution in [2.75, 3.05) is 19.8 Å². The Kier molecular flexibility index (Phi) is 4.77. The van der Waals surface area contributed by atoms with Gasteiger partial charge < -0.3 is 10.1 Å². The van der Waals surface area contributed by atoms with E-state index < -0.39 is 0 Å². The first-order valence-electron chi connectivity index (χ1n) is 5.98. The van der Waals surface area contributed by atoms with Crippen molar-refractivity contribution in [3.63, 3.8) is 0 Å². The Bertz CT molecular complexity index is 368. The molecule has 1 fully saturated rings. The second-order valence-corrected chi connectivity index (χ2v) is 4.82. The van der Waals surface area contributed by atoms with Crippen molar-refractivity contribution in [2.24, 2.45) is 5.92 Å². The molecular weight excluding hydrogens is 241 g/mol. The molecule has 0 saturated heterocycles. The molecule has 1 aliphatic rings. The first-order valence-corrected chi connectivity index (χ1v) is 6.36. The van der Waals surface area contributed by atoms with Crippen LogP contribution in [-0.2, 0) is 11.3 Å². The summed E-state index contributed by atoms with van der Waals surface area (Å²) in [5, 5.41) is 3.32. The lowest BCUT2D eigenvalue weighted by Crippen LogP contribution is -2.20. The van der Waals surface area contributed by atoms with Gasteiger partial charge in [0, 0.05) is 25.3 Å². The number of ether oxygens (including phenoxy) is 1. The highest BCUT2D eigenvalue weighted by Gasteiger charge is 2.20. The Labute approximate surface area is 106 Å². The van der Waals surface area contributed by atoms with E-state index in [-0.39, 0.29) is 10.8 Å². The summed E-state index contributed by atoms with van der Waals surface area (Å²) in [6, 6.07) is 5.05. The smallest absolute Gasteiger partial charge is 0.146 e. The highest BCUT2D eigenvalue weighted by molar-refractivity contribution is 6.30. The lowest BCUT2D eigenvalue weighted by molar-refractivity contribution is 0.126. The van der Waals surface area contributed by atoms with Gasteiger partial charge in [0.1, 0.15) is 5.82 Å². The van der Waals surface area contributed by atoms with E-state index in [1.807, 2.05) is 0 Å². The van der Waals surface area contributed by atoms with Gasteiger partial charge in [-0.1, -0.05) is 23.7 Å². The maximum absolute atomic E-state index is 13.5. The van der Waals surface area contributed by atoms with Gasteiger partial charge in [-0.15, -0.1) is 0 Å². The molecule has 1 aromatic carbocycles. The molecule has 1 saturated carbocycles. The Morgan fingerprint density at radius 3 is 3.00 bits per heavy atom. The van der Waals surface area contributed by atoms with E-state index in [9.17, 15) is 4.39 Å². The molecule has 17 heavy (non-hydrogen) atoms. The Morgan fingerprint density at radius 1 is 1.41 bits per heavy atom. The highest BCUT2D eigenvalue weighted by atomic mass is 35.5. The molecule has 1 aromatic rings. The summed E-state index contributed by atoms with van der Waals surface area (Å²) in [6.45, 7) is 2.77. The Morgan fingerprint density at radius 2 is 2.24 bits per heavy atom. The van der Waals surface area contributed by atoms with E-state index in [0.29, 0.717) is 18.7 Å². The van der Waals surface area contributed by atoms with Crippen LogP contribution in [0.4, 0.5) is 4.39 Å². The first kappa shape index (κ1) is 12.8. The fraction of sp³-hybridized carbons (Fsp3) is 0.538. The molecule has 0 bridgehead atoms. The number of rotatable bonds is 7. The molecule has 1 N–H and O–H groups in total. The van der Waals surface area contributed by atoms with E-state index in [1.165, 1.54) is 12.8 Å². The third kappa shape index (κ3) is 4.26. The van der Waals surface area contributed by atoms with Crippen LogP contribution in [0.1, 0.15) is 18.4 Å². The van der Waals surface area contributed by atoms with Gasteiger partial charge in [0.05, 0.1) is 11.6 Å². The van der Waals surface area contributed by atoms with Crippen LogP contribution in [0.2, 0.25) is 5.02 Å². The summed E-state index contributed by atoms with van der Waals surface area (Å²) in [4.78, 5) is 0. The quantitative estimate of drug-likeness (QED) is 0.759. The van der Waals surface area contributed by atoms with Crippen molar-refractivity contribution in [3.05, 3.63) is 34.6 Å². The normalized spacial score (nSPS) is 15.2. The molecule has 94 valence electrons. The number of hydrogen-bond acceptors (Lipinski definition) is 2. The van der Waals surface area contributed by atoms with Crippen LogP contribution in [0.3, 0.4) is 0 Å². The molecule has 2 nitrogen and oxygen atoms in total. The lowest BCUT2D eigenvalue weighted by Gasteiger charge is -2.07. The van der Waals surface area contributed by atoms with Gasteiger partial charge in [0.15, 0.2) is 0 Å². The minimum Gasteiger partial charge on any atom is -0.380 e. The number of hydrogen-bond donors (Lipinski definition) is 1. The van der Waals surface area contributed by atoms with Gasteiger partial charge in [-0.3, -0.25) is 0 Å². The predicted octanol–water partition coefficient (Wildman–Crippen LogP) is 3.00. The molecule has 1 aliphatic carbocycles. The largest absolute Gasteiger partial charge is 0.380 e. The topological polar surface area (TPSA) is 21.3 Å². The van der Waals surface area contributed by atoms with Gasteiger partial charge >= 0.3 is 0 Å². The van der Waals surface area contributed by atoms with Crippen LogP contribution in [0, 0.1) is 11.7 Å². The van der Waals surface area contributed by atoms with Crippen molar-refractivity contribution in [1.29, 1.82) is 0 Å². The van der Waals surface area contributed by atoms with E-state index in [0.717, 1.165) is 19.1 Å². The zero-order chi connectivity index (χ0) is 12.1. The minimum absolute atomic E-state index is 0.175. The zero-order valence-corrected chi connectivity index (χ0v) is 10.5. The summed E-state index contributed by atoms with van der Waals surface area (Å²) in [7, 11) is 0. The average molecular weight is 258 g/mol. The lowest BCUT2D eigenvalue weighted by atomic mass is 10.2. The number of nitrogens with one attached hydrogen (secondary N) is 1. The SMILES string of the molecule is Fc1c(Cl)cccc1CNCCOCC1CC1. The fourth-order valence-electron chi connectivity index (χ4n) is 1.59. The summed E-state index contributed by atoms with van der Waals surface area (Å²) in [6.07, 6.45) is 2.61. The summed E-state index contributed by atoms with van der Waals surface area (Å²) in [5.41, 5.74) is 0.597. The maximum Gasteiger partial charge on any atom is 0.146 e. The second kappa shape index (κ2) is 6.34. The van der Waals surface area contributed by atoms with Crippen molar-refractivity contribution >= 4 is 11.6 Å². The van der Waals surface area contributed by atoms with Gasteiger partial charge in [0.25, 0.3) is 0 Å². The zero-order valence-electron chi connectivity index (χ0n) is 9.72. The van der Waals surface area contributed by atoms with Crippen LogP contribution in [0.5, 0.6) is 0 Å². The molecule has 0 spiro atoms. The molecule has 0 heterocycles. The third-order valence-electron chi connectivity index (χ3n) is 2.82. The van der Waals surface area contributed by atoms with Crippen molar-refractivity contribution in [3.8, 4) is 0 Å². The summed E-state index contributed by atoms with van der Waals surface area (Å²) >= 11 is 5.69. The average Bonchev–Trinajstić information content (AvgIpc) is 3.12. The molecule has 0 unspecified atom stereocenters. The number of benzene rings is 1. The van der Waals surface area contributed by atoms with E-state index in [4.69, 9.17) is 16.3 Å². The van der Waals surface area contributed by atoms with E-state index in [1.54, 1.807) is 18.2 Å². The standard InChI is InChI=1S/C13H17ClFNO/c14-12-3-1-2-11(13(12)15)8-16-6-7-17-9-10-4-5-10/h1-3,10,16H,4-9H2. The van der Waals surface area contributed by atoms with Gasteiger partial charge in [-0.25, -0.2) is 4.39 Å². The van der Waals surface area contributed by atoms with Crippen LogP contribution >= 0.6 is 11.6 Å². The molecular formula is C13H17ClFNO. The summed E-state index contributed by atoms with van der Waals surface area (Å²) < 4.78 is 19.0. The Balaban J connectivity index is 1.61. The Hall–Kier alpha value is -0.640. The second-order valence-electron chi connectivity index (χ2n) is 4.41. The van der Waals surface area contributed by atoms with Crippen molar-refractivity contribution in [2.45, 2.75) is 19.4 Å². The van der Waals surface area contributed by atoms with Crippen LogP contribution in [-0.4, -0.2) is 19.8 Å². The molecule has 2 rings (SSSR count). The maximum atomic E-state index is 13.5. The molecule has 0 aliphatic heterocycles. The minimum atomic E-state index is -0.333. The first-order chi connectivity index (χ1) is 8.27. The predicted molar refractivity (Wildman–Crippen MR) is 66.7 cm³/mol. The van der Waals surface area contributed by atoms with Gasteiger partial charge in [-0.2, -0.15) is 0 Å². The molecule has 0 amide bonds. The molecule has 0 aromatic heterocycles. The molecule has 0 radical (unpaired) electrons. The highest BCUT2D eigenvalue weighted by Crippen LogP contribution is 2.28. The van der Waals surface area contributed by atoms with Crippen LogP contribution in [0.15, 0.2) is 18.2 Å². The van der Waals surface area contributed by atoms with Crippen molar-refractivity contribution in [1.82, 2.24) is 5.32 Å².